The summed E-state index contributed by atoms with van der Waals surface area (Å²) in [5, 5.41) is 0. The molecular weight excluding hydrogens is 837 g/mol. The minimum absolute atomic E-state index is 0.0799. The highest BCUT2D eigenvalue weighted by molar-refractivity contribution is 5.70. The van der Waals surface area contributed by atoms with Gasteiger partial charge >= 0.3 is 11.9 Å². The van der Waals surface area contributed by atoms with Crippen molar-refractivity contribution in [3.63, 3.8) is 0 Å². The third-order valence-electron chi connectivity index (χ3n) is 13.3. The minimum Gasteiger partial charge on any atom is -0.462 e. The van der Waals surface area contributed by atoms with Gasteiger partial charge in [-0.15, -0.1) is 0 Å². The van der Waals surface area contributed by atoms with Crippen LogP contribution < -0.4 is 0 Å². The van der Waals surface area contributed by atoms with Crippen LogP contribution in [0.25, 0.3) is 0 Å². The summed E-state index contributed by atoms with van der Waals surface area (Å²) in [7, 11) is 0. The Bertz CT molecular complexity index is 1120. The number of carbonyl (C=O) groups excluding carboxylic acids is 2. The predicted molar refractivity (Wildman–Crippen MR) is 298 cm³/mol. The van der Waals surface area contributed by atoms with E-state index < -0.39 is 6.10 Å². The average molecular weight is 954 g/mol. The van der Waals surface area contributed by atoms with Crippen LogP contribution in [-0.2, 0) is 23.8 Å². The molecule has 0 aliphatic heterocycles. The molecular formula is C63H116O5. The van der Waals surface area contributed by atoms with Crippen molar-refractivity contribution >= 4 is 11.9 Å². The van der Waals surface area contributed by atoms with Crippen molar-refractivity contribution in [2.75, 3.05) is 19.8 Å². The summed E-state index contributed by atoms with van der Waals surface area (Å²) in [6, 6.07) is 0. The van der Waals surface area contributed by atoms with Crippen molar-refractivity contribution in [1.82, 2.24) is 0 Å². The highest BCUT2D eigenvalue weighted by atomic mass is 16.6. The van der Waals surface area contributed by atoms with Crippen LogP contribution in [0.2, 0.25) is 0 Å². The van der Waals surface area contributed by atoms with Crippen LogP contribution >= 0.6 is 0 Å². The Labute approximate surface area is 424 Å². The molecule has 0 fully saturated rings. The summed E-state index contributed by atoms with van der Waals surface area (Å²) >= 11 is 0. The molecule has 0 spiro atoms. The number of rotatable bonds is 56. The lowest BCUT2D eigenvalue weighted by Crippen LogP contribution is -2.30. The molecule has 5 heteroatoms. The third kappa shape index (κ3) is 56.4. The fourth-order valence-electron chi connectivity index (χ4n) is 8.81. The normalized spacial score (nSPS) is 12.5. The summed E-state index contributed by atoms with van der Waals surface area (Å²) in [6.07, 6.45) is 74.2. The monoisotopic (exact) mass is 953 g/mol. The molecule has 0 N–H and O–H groups in total. The molecule has 0 heterocycles. The molecule has 0 saturated heterocycles. The minimum atomic E-state index is -0.543. The van der Waals surface area contributed by atoms with Crippen LogP contribution in [0.3, 0.4) is 0 Å². The second-order valence-electron chi connectivity index (χ2n) is 20.3. The molecule has 0 aliphatic rings. The molecule has 0 bridgehead atoms. The van der Waals surface area contributed by atoms with Crippen molar-refractivity contribution < 1.29 is 23.8 Å². The predicted octanol–water partition coefficient (Wildman–Crippen LogP) is 20.7. The van der Waals surface area contributed by atoms with Gasteiger partial charge in [0.05, 0.1) is 6.61 Å². The van der Waals surface area contributed by atoms with Crippen LogP contribution in [0.5, 0.6) is 0 Å². The molecule has 0 saturated carbocycles. The fraction of sp³-hybridized carbons (Fsp3) is 0.841. The van der Waals surface area contributed by atoms with Gasteiger partial charge in [-0.1, -0.05) is 268 Å². The molecule has 0 radical (unpaired) electrons. The first kappa shape index (κ1) is 65.9. The first-order valence-electron chi connectivity index (χ1n) is 30.2. The molecule has 398 valence electrons. The lowest BCUT2D eigenvalue weighted by atomic mass is 10.0. The number of carbonyl (C=O) groups is 2. The van der Waals surface area contributed by atoms with E-state index in [1.165, 1.54) is 218 Å². The van der Waals surface area contributed by atoms with Gasteiger partial charge in [-0.2, -0.15) is 0 Å². The second kappa shape index (κ2) is 59.2. The topological polar surface area (TPSA) is 61.8 Å². The van der Waals surface area contributed by atoms with Gasteiger partial charge in [-0.05, 0) is 83.5 Å². The van der Waals surface area contributed by atoms with Crippen LogP contribution in [-0.4, -0.2) is 37.9 Å². The lowest BCUT2D eigenvalue weighted by Gasteiger charge is -2.18. The van der Waals surface area contributed by atoms with Gasteiger partial charge in [0.15, 0.2) is 6.10 Å². The van der Waals surface area contributed by atoms with Gasteiger partial charge in [0.25, 0.3) is 0 Å². The smallest absolute Gasteiger partial charge is 0.306 e. The number of allylic oxidation sites excluding steroid dienone is 8. The highest BCUT2D eigenvalue weighted by Gasteiger charge is 2.17. The van der Waals surface area contributed by atoms with Crippen molar-refractivity contribution in [1.29, 1.82) is 0 Å². The molecule has 1 unspecified atom stereocenters. The van der Waals surface area contributed by atoms with Crippen molar-refractivity contribution in [3.05, 3.63) is 48.6 Å². The molecule has 1 atom stereocenters. The number of esters is 2. The van der Waals surface area contributed by atoms with Crippen LogP contribution in [0.1, 0.15) is 316 Å². The van der Waals surface area contributed by atoms with Crippen LogP contribution in [0.15, 0.2) is 48.6 Å². The standard InChI is InChI=1S/C63H116O5/c1-4-7-10-13-16-19-22-25-28-31-32-34-35-38-41-44-47-50-53-56-62(64)67-60-61(59-66-58-55-52-49-46-43-40-37-30-27-24-21-18-15-12-9-6-3)68-63(65)57-54-51-48-45-42-39-36-33-29-26-23-20-17-14-11-8-5-2/h16,19,25,27-28,30,32,34,61H,4-15,17-18,20-24,26,29,31,33,35-60H2,1-3H3/b19-16-,28-25-,30-27-,34-32-. The Morgan fingerprint density at radius 1 is 0.324 bits per heavy atom. The van der Waals surface area contributed by atoms with Crippen molar-refractivity contribution in [3.8, 4) is 0 Å². The zero-order chi connectivity index (χ0) is 49.2. The SMILES string of the molecule is CCCCC/C=C\C/C=C\C/C=C\CCCCCCCCC(=O)OCC(COCCCCCCCC/C=C\CCCCCCCC)OC(=O)CCCCCCCCCCCCCCCCCCC. The van der Waals surface area contributed by atoms with Gasteiger partial charge < -0.3 is 14.2 Å². The molecule has 0 aromatic heterocycles. The Balaban J connectivity index is 4.27. The first-order chi connectivity index (χ1) is 33.6. The largest absolute Gasteiger partial charge is 0.462 e. The van der Waals surface area contributed by atoms with Gasteiger partial charge in [0, 0.05) is 19.4 Å². The maximum absolute atomic E-state index is 12.9. The Kier molecular flexibility index (Phi) is 57.3. The van der Waals surface area contributed by atoms with Crippen molar-refractivity contribution in [2.24, 2.45) is 0 Å². The molecule has 68 heavy (non-hydrogen) atoms. The molecule has 5 nitrogen and oxygen atoms in total. The number of unbranched alkanes of at least 4 members (excludes halogenated alkanes) is 37. The molecule has 0 rings (SSSR count). The van der Waals surface area contributed by atoms with E-state index in [0.717, 1.165) is 64.2 Å². The maximum Gasteiger partial charge on any atom is 0.306 e. The Hall–Kier alpha value is -2.14. The van der Waals surface area contributed by atoms with Crippen LogP contribution in [0, 0.1) is 0 Å². The average Bonchev–Trinajstić information content (AvgIpc) is 3.34. The van der Waals surface area contributed by atoms with Gasteiger partial charge in [-0.3, -0.25) is 9.59 Å². The lowest BCUT2D eigenvalue weighted by molar-refractivity contribution is -0.163. The summed E-state index contributed by atoms with van der Waals surface area (Å²) in [5.74, 6) is -0.397. The molecule has 0 aliphatic carbocycles. The van der Waals surface area contributed by atoms with Crippen LogP contribution in [0.4, 0.5) is 0 Å². The quantitative estimate of drug-likeness (QED) is 0.0345. The summed E-state index contributed by atoms with van der Waals surface area (Å²) in [4.78, 5) is 25.6. The first-order valence-corrected chi connectivity index (χ1v) is 30.2. The van der Waals surface area contributed by atoms with E-state index >= 15 is 0 Å². The molecule has 0 aromatic rings. The van der Waals surface area contributed by atoms with Gasteiger partial charge in [0.2, 0.25) is 0 Å². The van der Waals surface area contributed by atoms with E-state index in [4.69, 9.17) is 14.2 Å². The fourth-order valence-corrected chi connectivity index (χ4v) is 8.81. The van der Waals surface area contributed by atoms with E-state index in [1.807, 2.05) is 0 Å². The summed E-state index contributed by atoms with van der Waals surface area (Å²) in [5.41, 5.74) is 0. The number of hydrogen-bond donors (Lipinski definition) is 0. The van der Waals surface area contributed by atoms with Crippen molar-refractivity contribution in [2.45, 2.75) is 322 Å². The summed E-state index contributed by atoms with van der Waals surface area (Å²) in [6.45, 7) is 7.83. The van der Waals surface area contributed by atoms with E-state index in [1.54, 1.807) is 0 Å². The highest BCUT2D eigenvalue weighted by Crippen LogP contribution is 2.16. The zero-order valence-corrected chi connectivity index (χ0v) is 45.9. The number of ether oxygens (including phenoxy) is 3. The molecule has 0 aromatic carbocycles. The van der Waals surface area contributed by atoms with E-state index in [9.17, 15) is 9.59 Å². The van der Waals surface area contributed by atoms with E-state index in [-0.39, 0.29) is 25.2 Å². The molecule has 0 amide bonds. The van der Waals surface area contributed by atoms with Gasteiger partial charge in [0.1, 0.15) is 6.61 Å². The van der Waals surface area contributed by atoms with Gasteiger partial charge in [-0.25, -0.2) is 0 Å². The Morgan fingerprint density at radius 3 is 1.03 bits per heavy atom. The van der Waals surface area contributed by atoms with E-state index in [2.05, 4.69) is 69.4 Å². The number of hydrogen-bond acceptors (Lipinski definition) is 5. The Morgan fingerprint density at radius 2 is 0.618 bits per heavy atom. The van der Waals surface area contributed by atoms with E-state index in [0.29, 0.717) is 19.4 Å². The zero-order valence-electron chi connectivity index (χ0n) is 45.9. The maximum atomic E-state index is 12.9. The second-order valence-corrected chi connectivity index (χ2v) is 20.3. The summed E-state index contributed by atoms with van der Waals surface area (Å²) < 4.78 is 17.5. The third-order valence-corrected chi connectivity index (χ3v) is 13.3.